The molecule has 1 heterocycles. The fraction of sp³-hybridized carbons (Fsp3) is 0.318. The fourth-order valence-electron chi connectivity index (χ4n) is 2.98. The summed E-state index contributed by atoms with van der Waals surface area (Å²) in [4.78, 5) is 0. The van der Waals surface area contributed by atoms with Gasteiger partial charge in [-0.1, -0.05) is 54.2 Å². The minimum Gasteiger partial charge on any atom is -0.496 e. The van der Waals surface area contributed by atoms with Gasteiger partial charge in [-0.25, -0.2) is 0 Å². The number of hydrogen-bond acceptors (Lipinski definition) is 5. The second-order valence-corrected chi connectivity index (χ2v) is 7.42. The van der Waals surface area contributed by atoms with Gasteiger partial charge >= 0.3 is 0 Å². The summed E-state index contributed by atoms with van der Waals surface area (Å²) >= 11 is 1.70. The molecule has 0 atom stereocenters. The van der Waals surface area contributed by atoms with Gasteiger partial charge < -0.3 is 9.30 Å². The van der Waals surface area contributed by atoms with Crippen molar-refractivity contribution < 1.29 is 4.74 Å². The molecule has 0 spiro atoms. The predicted octanol–water partition coefficient (Wildman–Crippen LogP) is 4.98. The maximum atomic E-state index is 8.69. The lowest BCUT2D eigenvalue weighted by molar-refractivity contribution is 0.415. The normalized spacial score (nSPS) is 10.6. The molecule has 0 unspecified atom stereocenters. The number of hydrogen-bond donors (Lipinski definition) is 0. The van der Waals surface area contributed by atoms with Crippen molar-refractivity contribution in [3.8, 4) is 23.2 Å². The van der Waals surface area contributed by atoms with Crippen LogP contribution in [0.5, 0.6) is 5.75 Å². The van der Waals surface area contributed by atoms with Crippen molar-refractivity contribution in [1.29, 1.82) is 5.26 Å². The third-order valence-electron chi connectivity index (χ3n) is 4.45. The fourth-order valence-corrected chi connectivity index (χ4v) is 3.94. The van der Waals surface area contributed by atoms with Gasteiger partial charge in [0.05, 0.1) is 18.7 Å². The number of nitrogens with zero attached hydrogens (tertiary/aromatic N) is 4. The summed E-state index contributed by atoms with van der Waals surface area (Å²) in [5, 5.41) is 18.5. The van der Waals surface area contributed by atoms with E-state index in [1.807, 2.05) is 30.3 Å². The molecule has 3 aromatic rings. The molecule has 0 saturated carbocycles. The average molecular weight is 393 g/mol. The number of ether oxygens (including phenoxy) is 1. The van der Waals surface area contributed by atoms with Crippen LogP contribution in [0.1, 0.15) is 24.8 Å². The van der Waals surface area contributed by atoms with Gasteiger partial charge in [0.25, 0.3) is 0 Å². The third-order valence-corrected chi connectivity index (χ3v) is 5.50. The van der Waals surface area contributed by atoms with Crippen molar-refractivity contribution in [2.75, 3.05) is 12.9 Å². The van der Waals surface area contributed by atoms with Gasteiger partial charge in [-0.2, -0.15) is 5.26 Å². The number of aryl methyl sites for hydroxylation is 1. The zero-order valence-corrected chi connectivity index (χ0v) is 16.9. The summed E-state index contributed by atoms with van der Waals surface area (Å²) in [5.74, 6) is 2.55. The summed E-state index contributed by atoms with van der Waals surface area (Å²) in [6.45, 7) is 0.797. The number of thioether (sulfide) groups is 1. The Labute approximate surface area is 170 Å². The van der Waals surface area contributed by atoms with Crippen LogP contribution < -0.4 is 4.74 Å². The maximum Gasteiger partial charge on any atom is 0.191 e. The Morgan fingerprint density at radius 3 is 2.61 bits per heavy atom. The molecule has 0 aliphatic rings. The first-order valence-electron chi connectivity index (χ1n) is 9.43. The quantitative estimate of drug-likeness (QED) is 0.359. The zero-order valence-electron chi connectivity index (χ0n) is 16.0. The summed E-state index contributed by atoms with van der Waals surface area (Å²) in [6.07, 6.45) is 3.42. The van der Waals surface area contributed by atoms with Crippen LogP contribution in [-0.2, 0) is 13.0 Å². The van der Waals surface area contributed by atoms with Gasteiger partial charge in [-0.15, -0.1) is 10.2 Å². The van der Waals surface area contributed by atoms with Crippen molar-refractivity contribution in [3.63, 3.8) is 0 Å². The monoisotopic (exact) mass is 392 g/mol. The third kappa shape index (κ3) is 5.14. The average Bonchev–Trinajstić information content (AvgIpc) is 3.15. The molecule has 6 heteroatoms. The predicted molar refractivity (Wildman–Crippen MR) is 112 cm³/mol. The first-order chi connectivity index (χ1) is 13.8. The molecule has 0 saturated heterocycles. The second kappa shape index (κ2) is 10.5. The van der Waals surface area contributed by atoms with Crippen LogP contribution in [0.15, 0.2) is 59.8 Å². The first kappa shape index (κ1) is 20.0. The zero-order chi connectivity index (χ0) is 19.6. The molecule has 0 N–H and O–H groups in total. The van der Waals surface area contributed by atoms with E-state index in [1.165, 1.54) is 5.56 Å². The molecule has 0 bridgehead atoms. The van der Waals surface area contributed by atoms with Crippen LogP contribution >= 0.6 is 11.8 Å². The molecule has 0 radical (unpaired) electrons. The number of rotatable bonds is 10. The molecule has 0 aliphatic carbocycles. The number of unbranched alkanes of at least 4 members (excludes halogenated alkanes) is 2. The van der Waals surface area contributed by atoms with Crippen LogP contribution in [-0.4, -0.2) is 27.6 Å². The minimum atomic E-state index is 0.605. The maximum absolute atomic E-state index is 8.69. The number of aromatic nitrogens is 3. The topological polar surface area (TPSA) is 63.7 Å². The number of benzene rings is 2. The van der Waals surface area contributed by atoms with Gasteiger partial charge in [0.15, 0.2) is 11.0 Å². The number of methoxy groups -OCH3 is 1. The molecule has 0 fully saturated rings. The van der Waals surface area contributed by atoms with E-state index >= 15 is 0 Å². The van der Waals surface area contributed by atoms with E-state index in [2.05, 4.69) is 45.1 Å². The summed E-state index contributed by atoms with van der Waals surface area (Å²) < 4.78 is 7.71. The molecule has 0 amide bonds. The van der Waals surface area contributed by atoms with Gasteiger partial charge in [0.1, 0.15) is 5.75 Å². The van der Waals surface area contributed by atoms with Crippen molar-refractivity contribution in [1.82, 2.24) is 14.8 Å². The molecule has 5 nitrogen and oxygen atoms in total. The van der Waals surface area contributed by atoms with Crippen LogP contribution in [0.3, 0.4) is 0 Å². The standard InChI is InChI=1S/C22H24N4OS/c1-27-20-13-7-6-12-19(20)21-24-25-22(28-17-9-3-8-15-23)26(21)16-14-18-10-4-2-5-11-18/h2,4-7,10-13H,3,8-9,14,16-17H2,1H3. The number of para-hydroxylation sites is 1. The van der Waals surface area contributed by atoms with E-state index in [9.17, 15) is 0 Å². The number of nitriles is 1. The molecule has 3 rings (SSSR count). The van der Waals surface area contributed by atoms with Crippen LogP contribution in [0.25, 0.3) is 11.4 Å². The van der Waals surface area contributed by atoms with Crippen molar-refractivity contribution in [2.24, 2.45) is 0 Å². The molecule has 28 heavy (non-hydrogen) atoms. The lowest BCUT2D eigenvalue weighted by Crippen LogP contribution is -2.06. The van der Waals surface area contributed by atoms with E-state index in [1.54, 1.807) is 18.9 Å². The highest BCUT2D eigenvalue weighted by molar-refractivity contribution is 7.99. The van der Waals surface area contributed by atoms with Gasteiger partial charge in [-0.05, 0) is 37.0 Å². The largest absolute Gasteiger partial charge is 0.496 e. The van der Waals surface area contributed by atoms with Crippen molar-refractivity contribution in [2.45, 2.75) is 37.4 Å². The Kier molecular flexibility index (Phi) is 7.51. The van der Waals surface area contributed by atoms with Gasteiger partial charge in [0, 0.05) is 18.7 Å². The highest BCUT2D eigenvalue weighted by Gasteiger charge is 2.17. The summed E-state index contributed by atoms with van der Waals surface area (Å²) in [6, 6.07) is 20.5. The van der Waals surface area contributed by atoms with Crippen molar-refractivity contribution >= 4 is 11.8 Å². The SMILES string of the molecule is COc1ccccc1-c1nnc(SCCCCC#N)n1CCc1ccccc1. The van der Waals surface area contributed by atoms with Crippen LogP contribution in [0, 0.1) is 11.3 Å². The Bertz CT molecular complexity index is 918. The Morgan fingerprint density at radius 2 is 1.82 bits per heavy atom. The van der Waals surface area contributed by atoms with Gasteiger partial charge in [0.2, 0.25) is 0 Å². The minimum absolute atomic E-state index is 0.605. The molecular weight excluding hydrogens is 368 g/mol. The first-order valence-corrected chi connectivity index (χ1v) is 10.4. The second-order valence-electron chi connectivity index (χ2n) is 6.36. The highest BCUT2D eigenvalue weighted by atomic mass is 32.2. The van der Waals surface area contributed by atoms with Gasteiger partial charge in [-0.3, -0.25) is 0 Å². The molecule has 144 valence electrons. The van der Waals surface area contributed by atoms with E-state index in [0.717, 1.165) is 53.9 Å². The molecule has 2 aromatic carbocycles. The smallest absolute Gasteiger partial charge is 0.191 e. The van der Waals surface area contributed by atoms with E-state index in [0.29, 0.717) is 6.42 Å². The molecule has 1 aromatic heterocycles. The lowest BCUT2D eigenvalue weighted by Gasteiger charge is -2.12. The van der Waals surface area contributed by atoms with E-state index in [4.69, 9.17) is 10.00 Å². The molecule has 0 aliphatic heterocycles. The Hall–Kier alpha value is -2.78. The Balaban J connectivity index is 1.83. The lowest BCUT2D eigenvalue weighted by atomic mass is 10.1. The van der Waals surface area contributed by atoms with E-state index in [-0.39, 0.29) is 0 Å². The highest BCUT2D eigenvalue weighted by Crippen LogP contribution is 2.31. The van der Waals surface area contributed by atoms with Crippen LogP contribution in [0.2, 0.25) is 0 Å². The Morgan fingerprint density at radius 1 is 1.04 bits per heavy atom. The summed E-state index contributed by atoms with van der Waals surface area (Å²) in [5.41, 5.74) is 2.23. The molecular formula is C22H24N4OS. The van der Waals surface area contributed by atoms with Crippen LogP contribution in [0.4, 0.5) is 0 Å². The van der Waals surface area contributed by atoms with E-state index < -0.39 is 0 Å². The van der Waals surface area contributed by atoms with Crippen molar-refractivity contribution in [3.05, 3.63) is 60.2 Å². The summed E-state index contributed by atoms with van der Waals surface area (Å²) in [7, 11) is 1.67.